The molecule has 0 saturated heterocycles. The molecule has 2 heteroatoms. The van der Waals surface area contributed by atoms with Gasteiger partial charge in [0.25, 0.3) is 0 Å². The zero-order chi connectivity index (χ0) is 13.6. The third kappa shape index (κ3) is 2.12. The van der Waals surface area contributed by atoms with Crippen molar-refractivity contribution in [3.63, 3.8) is 0 Å². The number of nitrogens with one attached hydrogen (secondary N) is 1. The maximum absolute atomic E-state index is 9.11. The highest BCUT2D eigenvalue weighted by molar-refractivity contribution is 5.13. The molecule has 2 bridgehead atoms. The van der Waals surface area contributed by atoms with Gasteiger partial charge in [0.15, 0.2) is 0 Å². The van der Waals surface area contributed by atoms with Gasteiger partial charge in [0.2, 0.25) is 0 Å². The van der Waals surface area contributed by atoms with Crippen molar-refractivity contribution in [3.05, 3.63) is 0 Å². The molecule has 0 radical (unpaired) electrons. The lowest BCUT2D eigenvalue weighted by molar-refractivity contribution is 0.111. The standard InChI is InChI=1S/C16H31NO/c1-14(2,8-9-18)11-17-13-10-12-6-7-16(13,5)15(12,3)4/h12-13,17-18H,6-11H2,1-5H3. The minimum absolute atomic E-state index is 0.205. The van der Waals surface area contributed by atoms with Crippen LogP contribution in [0.25, 0.3) is 0 Å². The predicted molar refractivity (Wildman–Crippen MR) is 76.5 cm³/mol. The van der Waals surface area contributed by atoms with Gasteiger partial charge < -0.3 is 10.4 Å². The van der Waals surface area contributed by atoms with Crippen LogP contribution in [-0.4, -0.2) is 24.3 Å². The lowest BCUT2D eigenvalue weighted by atomic mass is 9.69. The van der Waals surface area contributed by atoms with Crippen LogP contribution in [-0.2, 0) is 0 Å². The van der Waals surface area contributed by atoms with Gasteiger partial charge >= 0.3 is 0 Å². The summed E-state index contributed by atoms with van der Waals surface area (Å²) in [4.78, 5) is 0. The number of hydrogen-bond acceptors (Lipinski definition) is 2. The van der Waals surface area contributed by atoms with Crippen LogP contribution in [0.4, 0.5) is 0 Å². The molecule has 0 heterocycles. The van der Waals surface area contributed by atoms with Crippen LogP contribution >= 0.6 is 0 Å². The normalized spacial score (nSPS) is 38.3. The van der Waals surface area contributed by atoms with Crippen LogP contribution in [0.2, 0.25) is 0 Å². The van der Waals surface area contributed by atoms with Crippen molar-refractivity contribution in [2.45, 2.75) is 66.3 Å². The third-order valence-electron chi connectivity index (χ3n) is 6.41. The van der Waals surface area contributed by atoms with Crippen LogP contribution in [0, 0.1) is 22.2 Å². The van der Waals surface area contributed by atoms with Crippen LogP contribution in [0.3, 0.4) is 0 Å². The van der Waals surface area contributed by atoms with Gasteiger partial charge in [0.05, 0.1) is 0 Å². The summed E-state index contributed by atoms with van der Waals surface area (Å²) in [5.41, 5.74) is 1.16. The number of fused-ring (bicyclic) bond motifs is 2. The quantitative estimate of drug-likeness (QED) is 0.788. The van der Waals surface area contributed by atoms with E-state index in [-0.39, 0.29) is 5.41 Å². The molecule has 2 fully saturated rings. The molecule has 2 aliphatic rings. The Morgan fingerprint density at radius 1 is 1.28 bits per heavy atom. The maximum Gasteiger partial charge on any atom is 0.0436 e. The van der Waals surface area contributed by atoms with Gasteiger partial charge in [-0.1, -0.05) is 34.6 Å². The van der Waals surface area contributed by atoms with Crippen molar-refractivity contribution in [1.82, 2.24) is 5.32 Å². The number of aliphatic hydroxyl groups excluding tert-OH is 1. The second-order valence-electron chi connectivity index (χ2n) is 8.18. The molecule has 3 unspecified atom stereocenters. The fourth-order valence-electron chi connectivity index (χ4n) is 4.30. The van der Waals surface area contributed by atoms with Gasteiger partial charge in [0, 0.05) is 19.2 Å². The lowest BCUT2D eigenvalue weighted by Gasteiger charge is -2.41. The summed E-state index contributed by atoms with van der Waals surface area (Å²) < 4.78 is 0. The number of rotatable bonds is 5. The molecule has 0 amide bonds. The first-order chi connectivity index (χ1) is 8.23. The summed E-state index contributed by atoms with van der Waals surface area (Å²) >= 11 is 0. The van der Waals surface area contributed by atoms with Crippen molar-refractivity contribution in [1.29, 1.82) is 0 Å². The summed E-state index contributed by atoms with van der Waals surface area (Å²) in [5, 5.41) is 12.9. The maximum atomic E-state index is 9.11. The first-order valence-corrected chi connectivity index (χ1v) is 7.57. The highest BCUT2D eigenvalue weighted by Gasteiger charge is 2.61. The lowest BCUT2D eigenvalue weighted by Crippen LogP contribution is -2.47. The van der Waals surface area contributed by atoms with E-state index in [4.69, 9.17) is 5.11 Å². The van der Waals surface area contributed by atoms with Crippen molar-refractivity contribution < 1.29 is 5.11 Å². The molecule has 106 valence electrons. The summed E-state index contributed by atoms with van der Waals surface area (Å²) in [5.74, 6) is 0.904. The van der Waals surface area contributed by atoms with Crippen LogP contribution in [0.1, 0.15) is 60.3 Å². The van der Waals surface area contributed by atoms with E-state index in [2.05, 4.69) is 39.9 Å². The van der Waals surface area contributed by atoms with E-state index >= 15 is 0 Å². The van der Waals surface area contributed by atoms with E-state index in [9.17, 15) is 0 Å². The molecule has 2 aliphatic carbocycles. The highest BCUT2D eigenvalue weighted by atomic mass is 16.3. The summed E-state index contributed by atoms with van der Waals surface area (Å²) in [6.07, 6.45) is 5.03. The Kier molecular flexibility index (Phi) is 3.57. The van der Waals surface area contributed by atoms with Crippen molar-refractivity contribution in [3.8, 4) is 0 Å². The largest absolute Gasteiger partial charge is 0.396 e. The minimum Gasteiger partial charge on any atom is -0.396 e. The molecule has 18 heavy (non-hydrogen) atoms. The molecule has 0 aliphatic heterocycles. The molecule has 2 saturated carbocycles. The zero-order valence-electron chi connectivity index (χ0n) is 12.8. The van der Waals surface area contributed by atoms with E-state index in [0.29, 0.717) is 23.5 Å². The fraction of sp³-hybridized carbons (Fsp3) is 1.00. The van der Waals surface area contributed by atoms with Gasteiger partial charge in [-0.15, -0.1) is 0 Å². The highest BCUT2D eigenvalue weighted by Crippen LogP contribution is 2.65. The first kappa shape index (κ1) is 14.3. The Bertz CT molecular complexity index is 310. The van der Waals surface area contributed by atoms with Crippen molar-refractivity contribution in [2.75, 3.05) is 13.2 Å². The Balaban J connectivity index is 1.97. The molecule has 0 aromatic rings. The van der Waals surface area contributed by atoms with Gasteiger partial charge in [-0.05, 0) is 47.8 Å². The van der Waals surface area contributed by atoms with E-state index in [1.807, 2.05) is 0 Å². The van der Waals surface area contributed by atoms with Crippen molar-refractivity contribution in [2.24, 2.45) is 22.2 Å². The van der Waals surface area contributed by atoms with Gasteiger partial charge in [0.1, 0.15) is 0 Å². The van der Waals surface area contributed by atoms with E-state index in [1.54, 1.807) is 0 Å². The van der Waals surface area contributed by atoms with E-state index in [1.165, 1.54) is 19.3 Å². The minimum atomic E-state index is 0.205. The number of hydrogen-bond donors (Lipinski definition) is 2. The Hall–Kier alpha value is -0.0800. The summed E-state index contributed by atoms with van der Waals surface area (Å²) in [6.45, 7) is 13.2. The Morgan fingerprint density at radius 2 is 1.94 bits per heavy atom. The topological polar surface area (TPSA) is 32.3 Å². The van der Waals surface area contributed by atoms with E-state index < -0.39 is 0 Å². The molecule has 2 nitrogen and oxygen atoms in total. The van der Waals surface area contributed by atoms with Gasteiger partial charge in [-0.2, -0.15) is 0 Å². The predicted octanol–water partition coefficient (Wildman–Crippen LogP) is 3.20. The van der Waals surface area contributed by atoms with Crippen molar-refractivity contribution >= 4 is 0 Å². The SMILES string of the molecule is CC(C)(CCO)CNC1CC2CCC1(C)C2(C)C. The van der Waals surface area contributed by atoms with Crippen LogP contribution in [0.5, 0.6) is 0 Å². The first-order valence-electron chi connectivity index (χ1n) is 7.57. The summed E-state index contributed by atoms with van der Waals surface area (Å²) in [6, 6.07) is 0.671. The van der Waals surface area contributed by atoms with Crippen LogP contribution < -0.4 is 5.32 Å². The monoisotopic (exact) mass is 253 g/mol. The molecule has 0 spiro atoms. The van der Waals surface area contributed by atoms with Crippen LogP contribution in [0.15, 0.2) is 0 Å². The molecule has 3 atom stereocenters. The average molecular weight is 253 g/mol. The third-order valence-corrected chi connectivity index (χ3v) is 6.41. The van der Waals surface area contributed by atoms with Gasteiger partial charge in [-0.25, -0.2) is 0 Å². The molecule has 0 aromatic carbocycles. The van der Waals surface area contributed by atoms with Gasteiger partial charge in [-0.3, -0.25) is 0 Å². The fourth-order valence-corrected chi connectivity index (χ4v) is 4.30. The van der Waals surface area contributed by atoms with E-state index in [0.717, 1.165) is 18.9 Å². The second-order valence-corrected chi connectivity index (χ2v) is 8.18. The molecular formula is C16H31NO. The molecule has 2 rings (SSSR count). The molecule has 2 N–H and O–H groups in total. The zero-order valence-corrected chi connectivity index (χ0v) is 12.8. The smallest absolute Gasteiger partial charge is 0.0436 e. The molecular weight excluding hydrogens is 222 g/mol. The number of aliphatic hydroxyl groups is 1. The average Bonchev–Trinajstić information content (AvgIpc) is 2.58. The second kappa shape index (κ2) is 4.49. The summed E-state index contributed by atoms with van der Waals surface area (Å²) in [7, 11) is 0. The Morgan fingerprint density at radius 3 is 2.39 bits per heavy atom. The Labute approximate surface area is 113 Å². The molecule has 0 aromatic heterocycles.